The average molecular weight is 426 g/mol. The van der Waals surface area contributed by atoms with Crippen LogP contribution in [-0.2, 0) is 0 Å². The van der Waals surface area contributed by atoms with Crippen LogP contribution >= 0.6 is 11.8 Å². The van der Waals surface area contributed by atoms with Crippen LogP contribution in [0.5, 0.6) is 0 Å². The quantitative estimate of drug-likeness (QED) is 0.236. The minimum atomic E-state index is -0.240. The number of carbonyl (C=O) groups is 1. The second-order valence-corrected chi connectivity index (χ2v) is 7.96. The van der Waals surface area contributed by atoms with Crippen LogP contribution in [0.3, 0.4) is 0 Å². The fourth-order valence-corrected chi connectivity index (χ4v) is 3.81. The normalized spacial score (nSPS) is 11.0. The Balaban J connectivity index is 1.48. The molecule has 1 N–H and O–H groups in total. The maximum atomic E-state index is 12.5. The second-order valence-electron chi connectivity index (χ2n) is 7.08. The third-order valence-corrected chi connectivity index (χ3v) is 5.77. The van der Waals surface area contributed by atoms with Gasteiger partial charge in [-0.25, -0.2) is 5.43 Å². The smallest absolute Gasteiger partial charge is 0.271 e. The zero-order valence-electron chi connectivity index (χ0n) is 17.4. The molecule has 154 valence electrons. The molecule has 31 heavy (non-hydrogen) atoms. The molecule has 4 rings (SSSR count). The van der Waals surface area contributed by atoms with E-state index in [4.69, 9.17) is 0 Å². The standard InChI is InChI=1S/C26H23N3OS/c1-19-8-17-25(21-6-4-3-5-7-21)29(19)23-13-11-22(12-14-23)26(30)28-27-18-20-9-15-24(31-2)16-10-20/h3-18H,1-2H3,(H,28,30)/b27-18+. The molecule has 0 saturated carbocycles. The van der Waals surface area contributed by atoms with Gasteiger partial charge in [-0.15, -0.1) is 11.8 Å². The number of nitrogens with one attached hydrogen (secondary N) is 1. The zero-order valence-corrected chi connectivity index (χ0v) is 18.3. The Morgan fingerprint density at radius 2 is 1.61 bits per heavy atom. The van der Waals surface area contributed by atoms with Crippen molar-refractivity contribution in [3.63, 3.8) is 0 Å². The van der Waals surface area contributed by atoms with E-state index in [2.05, 4.69) is 46.3 Å². The molecule has 0 aliphatic carbocycles. The van der Waals surface area contributed by atoms with Gasteiger partial charge in [0.15, 0.2) is 0 Å². The van der Waals surface area contributed by atoms with Crippen molar-refractivity contribution in [2.75, 3.05) is 6.26 Å². The van der Waals surface area contributed by atoms with Crippen LogP contribution in [0, 0.1) is 6.92 Å². The molecule has 5 heteroatoms. The number of thioether (sulfide) groups is 1. The van der Waals surface area contributed by atoms with Crippen LogP contribution in [0.15, 0.2) is 101 Å². The average Bonchev–Trinajstić information content (AvgIpc) is 3.21. The number of amides is 1. The summed E-state index contributed by atoms with van der Waals surface area (Å²) < 4.78 is 2.19. The lowest BCUT2D eigenvalue weighted by Gasteiger charge is -2.12. The maximum absolute atomic E-state index is 12.5. The SMILES string of the molecule is CSc1ccc(/C=N/NC(=O)c2ccc(-n3c(C)ccc3-c3ccccc3)cc2)cc1. The summed E-state index contributed by atoms with van der Waals surface area (Å²) in [4.78, 5) is 13.6. The third kappa shape index (κ3) is 4.78. The first-order valence-electron chi connectivity index (χ1n) is 9.97. The molecule has 3 aromatic carbocycles. The Bertz CT molecular complexity index is 1190. The Labute approximate surface area is 186 Å². The van der Waals surface area contributed by atoms with E-state index in [1.807, 2.05) is 73.0 Å². The van der Waals surface area contributed by atoms with Crippen molar-refractivity contribution in [3.8, 4) is 16.9 Å². The Hall–Kier alpha value is -3.57. The molecular weight excluding hydrogens is 402 g/mol. The highest BCUT2D eigenvalue weighted by Gasteiger charge is 2.10. The first kappa shape index (κ1) is 20.7. The lowest BCUT2D eigenvalue weighted by atomic mass is 10.1. The number of rotatable bonds is 6. The van der Waals surface area contributed by atoms with Crippen LogP contribution in [-0.4, -0.2) is 22.9 Å². The number of nitrogens with zero attached hydrogens (tertiary/aromatic N) is 2. The van der Waals surface area contributed by atoms with Gasteiger partial charge in [0.05, 0.1) is 11.9 Å². The van der Waals surface area contributed by atoms with Gasteiger partial charge in [0.25, 0.3) is 5.91 Å². The predicted octanol–water partition coefficient (Wildman–Crippen LogP) is 5.94. The van der Waals surface area contributed by atoms with Gasteiger partial charge < -0.3 is 4.57 Å². The molecule has 0 radical (unpaired) electrons. The fourth-order valence-electron chi connectivity index (χ4n) is 3.40. The Morgan fingerprint density at radius 3 is 2.29 bits per heavy atom. The van der Waals surface area contributed by atoms with Crippen LogP contribution < -0.4 is 5.43 Å². The minimum Gasteiger partial charge on any atom is -0.314 e. The minimum absolute atomic E-state index is 0.240. The number of hydrogen-bond acceptors (Lipinski definition) is 3. The molecule has 1 amide bonds. The van der Waals surface area contributed by atoms with E-state index in [9.17, 15) is 4.79 Å². The van der Waals surface area contributed by atoms with Gasteiger partial charge >= 0.3 is 0 Å². The maximum Gasteiger partial charge on any atom is 0.271 e. The third-order valence-electron chi connectivity index (χ3n) is 5.03. The van der Waals surface area contributed by atoms with Crippen molar-refractivity contribution < 1.29 is 4.79 Å². The summed E-state index contributed by atoms with van der Waals surface area (Å²) in [5.74, 6) is -0.240. The molecule has 1 heterocycles. The molecule has 0 spiro atoms. The van der Waals surface area contributed by atoms with E-state index in [0.29, 0.717) is 5.56 Å². The first-order chi connectivity index (χ1) is 15.2. The van der Waals surface area contributed by atoms with Gasteiger partial charge in [-0.3, -0.25) is 4.79 Å². The molecule has 0 aliphatic heterocycles. The molecule has 0 bridgehead atoms. The number of hydrazone groups is 1. The molecule has 0 fully saturated rings. The van der Waals surface area contributed by atoms with Crippen LogP contribution in [0.1, 0.15) is 21.6 Å². The summed E-state index contributed by atoms with van der Waals surface area (Å²) in [5, 5.41) is 4.08. The van der Waals surface area contributed by atoms with Crippen molar-refractivity contribution in [1.82, 2.24) is 9.99 Å². The van der Waals surface area contributed by atoms with Crippen molar-refractivity contribution >= 4 is 23.9 Å². The molecule has 0 unspecified atom stereocenters. The number of benzene rings is 3. The van der Waals surface area contributed by atoms with Crippen molar-refractivity contribution in [3.05, 3.63) is 108 Å². The zero-order chi connectivity index (χ0) is 21.6. The van der Waals surface area contributed by atoms with Crippen LogP contribution in [0.25, 0.3) is 16.9 Å². The predicted molar refractivity (Wildman–Crippen MR) is 129 cm³/mol. The molecule has 4 nitrogen and oxygen atoms in total. The summed E-state index contributed by atoms with van der Waals surface area (Å²) in [6.07, 6.45) is 3.68. The number of carbonyl (C=O) groups excluding carboxylic acids is 1. The van der Waals surface area contributed by atoms with E-state index >= 15 is 0 Å². The Kier molecular flexibility index (Phi) is 6.34. The van der Waals surface area contributed by atoms with Crippen molar-refractivity contribution in [2.24, 2.45) is 5.10 Å². The van der Waals surface area contributed by atoms with E-state index in [1.165, 1.54) is 4.90 Å². The van der Waals surface area contributed by atoms with Gasteiger partial charge in [-0.1, -0.05) is 42.5 Å². The molecule has 1 aromatic heterocycles. The fraction of sp³-hybridized carbons (Fsp3) is 0.0769. The number of aromatic nitrogens is 1. The van der Waals surface area contributed by atoms with Gasteiger partial charge in [-0.2, -0.15) is 5.10 Å². The highest BCUT2D eigenvalue weighted by Crippen LogP contribution is 2.26. The van der Waals surface area contributed by atoms with Crippen molar-refractivity contribution in [2.45, 2.75) is 11.8 Å². The van der Waals surface area contributed by atoms with Gasteiger partial charge in [-0.05, 0) is 72.8 Å². The monoisotopic (exact) mass is 425 g/mol. The van der Waals surface area contributed by atoms with Crippen molar-refractivity contribution in [1.29, 1.82) is 0 Å². The highest BCUT2D eigenvalue weighted by molar-refractivity contribution is 7.98. The largest absolute Gasteiger partial charge is 0.314 e. The number of aryl methyl sites for hydroxylation is 1. The lowest BCUT2D eigenvalue weighted by molar-refractivity contribution is 0.0955. The van der Waals surface area contributed by atoms with E-state index in [1.54, 1.807) is 18.0 Å². The highest BCUT2D eigenvalue weighted by atomic mass is 32.2. The van der Waals surface area contributed by atoms with E-state index in [-0.39, 0.29) is 5.91 Å². The van der Waals surface area contributed by atoms with E-state index in [0.717, 1.165) is 28.2 Å². The topological polar surface area (TPSA) is 46.4 Å². The van der Waals surface area contributed by atoms with Gasteiger partial charge in [0.2, 0.25) is 0 Å². The summed E-state index contributed by atoms with van der Waals surface area (Å²) in [5.41, 5.74) is 8.50. The summed E-state index contributed by atoms with van der Waals surface area (Å²) >= 11 is 1.69. The molecular formula is C26H23N3OS. The first-order valence-corrected chi connectivity index (χ1v) is 11.2. The lowest BCUT2D eigenvalue weighted by Crippen LogP contribution is -2.17. The molecule has 0 atom stereocenters. The summed E-state index contributed by atoms with van der Waals surface area (Å²) in [7, 11) is 0. The van der Waals surface area contributed by atoms with Crippen LogP contribution in [0.2, 0.25) is 0 Å². The van der Waals surface area contributed by atoms with E-state index < -0.39 is 0 Å². The number of hydrogen-bond donors (Lipinski definition) is 1. The summed E-state index contributed by atoms with van der Waals surface area (Å²) in [6, 6.07) is 30.0. The molecule has 4 aromatic rings. The Morgan fingerprint density at radius 1 is 0.903 bits per heavy atom. The van der Waals surface area contributed by atoms with Crippen LogP contribution in [0.4, 0.5) is 0 Å². The second kappa shape index (κ2) is 9.49. The summed E-state index contributed by atoms with van der Waals surface area (Å²) in [6.45, 7) is 2.08. The van der Waals surface area contributed by atoms with Gasteiger partial charge in [0.1, 0.15) is 0 Å². The van der Waals surface area contributed by atoms with Gasteiger partial charge in [0, 0.05) is 21.8 Å². The molecule has 0 aliphatic rings. The molecule has 0 saturated heterocycles.